The van der Waals surface area contributed by atoms with E-state index in [4.69, 9.17) is 4.74 Å². The van der Waals surface area contributed by atoms with Crippen molar-refractivity contribution in [3.05, 3.63) is 29.8 Å². The highest BCUT2D eigenvalue weighted by atomic mass is 16.5. The molecule has 1 aliphatic rings. The molecule has 1 heterocycles. The summed E-state index contributed by atoms with van der Waals surface area (Å²) in [6, 6.07) is 8.53. The van der Waals surface area contributed by atoms with Crippen LogP contribution >= 0.6 is 0 Å². The van der Waals surface area contributed by atoms with E-state index in [1.807, 2.05) is 0 Å². The fraction of sp³-hybridized carbons (Fsp3) is 0.600. The van der Waals surface area contributed by atoms with Gasteiger partial charge < -0.3 is 10.1 Å². The van der Waals surface area contributed by atoms with E-state index >= 15 is 0 Å². The zero-order valence-corrected chi connectivity index (χ0v) is 10.9. The van der Waals surface area contributed by atoms with E-state index in [-0.39, 0.29) is 0 Å². The Kier molecular flexibility index (Phi) is 4.43. The van der Waals surface area contributed by atoms with Gasteiger partial charge in [0.15, 0.2) is 0 Å². The summed E-state index contributed by atoms with van der Waals surface area (Å²) in [5.41, 5.74) is 1.40. The molecule has 0 radical (unpaired) electrons. The highest BCUT2D eigenvalue weighted by Crippen LogP contribution is 2.32. The maximum atomic E-state index is 5.93. The highest BCUT2D eigenvalue weighted by molar-refractivity contribution is 5.36. The summed E-state index contributed by atoms with van der Waals surface area (Å²) in [6.45, 7) is 7.44. The molecule has 2 nitrogen and oxygen atoms in total. The van der Waals surface area contributed by atoms with Gasteiger partial charge in [-0.3, -0.25) is 0 Å². The van der Waals surface area contributed by atoms with Gasteiger partial charge >= 0.3 is 0 Å². The summed E-state index contributed by atoms with van der Waals surface area (Å²) in [7, 11) is 0. The summed E-state index contributed by atoms with van der Waals surface area (Å²) < 4.78 is 5.93. The number of hydrogen-bond acceptors (Lipinski definition) is 2. The predicted octanol–water partition coefficient (Wildman–Crippen LogP) is 3.19. The van der Waals surface area contributed by atoms with Crippen LogP contribution in [0.5, 0.6) is 5.75 Å². The quantitative estimate of drug-likeness (QED) is 0.862. The molecule has 0 amide bonds. The first-order valence-corrected chi connectivity index (χ1v) is 6.70. The number of para-hydroxylation sites is 1. The Labute approximate surface area is 104 Å². The molecule has 1 fully saturated rings. The zero-order chi connectivity index (χ0) is 12.1. The Balaban J connectivity index is 2.09. The second-order valence-corrected chi connectivity index (χ2v) is 5.27. The van der Waals surface area contributed by atoms with E-state index in [0.717, 1.165) is 25.4 Å². The minimum atomic E-state index is 0.580. The maximum Gasteiger partial charge on any atom is 0.122 e. The molecule has 0 atom stereocenters. The van der Waals surface area contributed by atoms with E-state index in [2.05, 4.69) is 43.4 Å². The molecule has 1 aromatic rings. The van der Waals surface area contributed by atoms with E-state index in [1.165, 1.54) is 18.4 Å². The summed E-state index contributed by atoms with van der Waals surface area (Å²) in [5.74, 6) is 2.34. The lowest BCUT2D eigenvalue weighted by atomic mass is 9.89. The van der Waals surface area contributed by atoms with Gasteiger partial charge in [0.1, 0.15) is 5.75 Å². The average molecular weight is 233 g/mol. The number of nitrogens with one attached hydrogen (secondary N) is 1. The van der Waals surface area contributed by atoms with Crippen molar-refractivity contribution in [1.29, 1.82) is 0 Å². The SMILES string of the molecule is CC(C)COc1ccccc1C1CCNCC1. The molecule has 1 saturated heterocycles. The Bertz CT molecular complexity index is 343. The van der Waals surface area contributed by atoms with Gasteiger partial charge in [0.05, 0.1) is 6.61 Å². The highest BCUT2D eigenvalue weighted by Gasteiger charge is 2.18. The Morgan fingerprint density at radius 1 is 1.24 bits per heavy atom. The third-order valence-electron chi connectivity index (χ3n) is 3.27. The molecule has 0 aliphatic carbocycles. The standard InChI is InChI=1S/C15H23NO/c1-12(2)11-17-15-6-4-3-5-14(15)13-7-9-16-10-8-13/h3-6,12-13,16H,7-11H2,1-2H3. The molecular formula is C15H23NO. The first-order chi connectivity index (χ1) is 8.27. The van der Waals surface area contributed by atoms with Crippen LogP contribution in [-0.2, 0) is 0 Å². The van der Waals surface area contributed by atoms with Gasteiger partial charge in [-0.1, -0.05) is 32.0 Å². The fourth-order valence-corrected chi connectivity index (χ4v) is 2.34. The number of ether oxygens (including phenoxy) is 1. The number of hydrogen-bond donors (Lipinski definition) is 1. The average Bonchev–Trinajstić information content (AvgIpc) is 2.38. The van der Waals surface area contributed by atoms with Gasteiger partial charge in [0, 0.05) is 0 Å². The molecule has 2 rings (SSSR count). The van der Waals surface area contributed by atoms with Crippen LogP contribution in [0.25, 0.3) is 0 Å². The topological polar surface area (TPSA) is 21.3 Å². The van der Waals surface area contributed by atoms with Crippen LogP contribution in [0.1, 0.15) is 38.2 Å². The van der Waals surface area contributed by atoms with Crippen LogP contribution < -0.4 is 10.1 Å². The van der Waals surface area contributed by atoms with Crippen molar-refractivity contribution in [1.82, 2.24) is 5.32 Å². The molecule has 0 unspecified atom stereocenters. The lowest BCUT2D eigenvalue weighted by molar-refractivity contribution is 0.265. The van der Waals surface area contributed by atoms with Crippen LogP contribution in [0.4, 0.5) is 0 Å². The largest absolute Gasteiger partial charge is 0.493 e. The van der Waals surface area contributed by atoms with Crippen molar-refractivity contribution in [2.75, 3.05) is 19.7 Å². The Morgan fingerprint density at radius 3 is 2.65 bits per heavy atom. The van der Waals surface area contributed by atoms with E-state index < -0.39 is 0 Å². The Morgan fingerprint density at radius 2 is 1.94 bits per heavy atom. The number of rotatable bonds is 4. The van der Waals surface area contributed by atoms with Crippen LogP contribution in [-0.4, -0.2) is 19.7 Å². The first-order valence-electron chi connectivity index (χ1n) is 6.70. The van der Waals surface area contributed by atoms with Gasteiger partial charge in [-0.05, 0) is 49.4 Å². The fourth-order valence-electron chi connectivity index (χ4n) is 2.34. The molecular weight excluding hydrogens is 210 g/mol. The third kappa shape index (κ3) is 3.47. The molecule has 1 aromatic carbocycles. The van der Waals surface area contributed by atoms with E-state index in [9.17, 15) is 0 Å². The number of piperidine rings is 1. The minimum absolute atomic E-state index is 0.580. The van der Waals surface area contributed by atoms with Crippen molar-refractivity contribution in [2.24, 2.45) is 5.92 Å². The molecule has 17 heavy (non-hydrogen) atoms. The van der Waals surface area contributed by atoms with Crippen molar-refractivity contribution in [3.63, 3.8) is 0 Å². The van der Waals surface area contributed by atoms with Crippen molar-refractivity contribution in [2.45, 2.75) is 32.6 Å². The lowest BCUT2D eigenvalue weighted by Crippen LogP contribution is -2.26. The molecule has 2 heteroatoms. The summed E-state index contributed by atoms with van der Waals surface area (Å²) >= 11 is 0. The molecule has 0 spiro atoms. The Hall–Kier alpha value is -1.02. The van der Waals surface area contributed by atoms with Gasteiger partial charge in [-0.25, -0.2) is 0 Å². The van der Waals surface area contributed by atoms with E-state index in [1.54, 1.807) is 0 Å². The van der Waals surface area contributed by atoms with Crippen LogP contribution in [0.3, 0.4) is 0 Å². The van der Waals surface area contributed by atoms with Gasteiger partial charge in [-0.2, -0.15) is 0 Å². The first kappa shape index (κ1) is 12.4. The monoisotopic (exact) mass is 233 g/mol. The van der Waals surface area contributed by atoms with Crippen LogP contribution in [0.2, 0.25) is 0 Å². The summed E-state index contributed by atoms with van der Waals surface area (Å²) in [6.07, 6.45) is 2.45. The molecule has 94 valence electrons. The molecule has 1 N–H and O–H groups in total. The maximum absolute atomic E-state index is 5.93. The van der Waals surface area contributed by atoms with Crippen LogP contribution in [0, 0.1) is 5.92 Å². The summed E-state index contributed by atoms with van der Waals surface area (Å²) in [5, 5.41) is 3.41. The van der Waals surface area contributed by atoms with Gasteiger partial charge in [0.25, 0.3) is 0 Å². The summed E-state index contributed by atoms with van der Waals surface area (Å²) in [4.78, 5) is 0. The van der Waals surface area contributed by atoms with Gasteiger partial charge in [0.2, 0.25) is 0 Å². The van der Waals surface area contributed by atoms with Gasteiger partial charge in [-0.15, -0.1) is 0 Å². The third-order valence-corrected chi connectivity index (χ3v) is 3.27. The lowest BCUT2D eigenvalue weighted by Gasteiger charge is -2.25. The minimum Gasteiger partial charge on any atom is -0.493 e. The number of benzene rings is 1. The normalized spacial score (nSPS) is 17.4. The molecule has 1 aliphatic heterocycles. The second-order valence-electron chi connectivity index (χ2n) is 5.27. The zero-order valence-electron chi connectivity index (χ0n) is 10.9. The molecule has 0 aromatic heterocycles. The van der Waals surface area contributed by atoms with Crippen molar-refractivity contribution >= 4 is 0 Å². The van der Waals surface area contributed by atoms with Crippen LogP contribution in [0.15, 0.2) is 24.3 Å². The van der Waals surface area contributed by atoms with Crippen molar-refractivity contribution < 1.29 is 4.74 Å². The van der Waals surface area contributed by atoms with Crippen molar-refractivity contribution in [3.8, 4) is 5.75 Å². The predicted molar refractivity (Wildman–Crippen MR) is 71.6 cm³/mol. The second kappa shape index (κ2) is 6.06. The smallest absolute Gasteiger partial charge is 0.122 e. The molecule has 0 bridgehead atoms. The van der Waals surface area contributed by atoms with E-state index in [0.29, 0.717) is 11.8 Å². The molecule has 0 saturated carbocycles.